The van der Waals surface area contributed by atoms with Gasteiger partial charge in [0.05, 0.1) is 12.6 Å². The van der Waals surface area contributed by atoms with E-state index in [1.54, 1.807) is 15.9 Å². The van der Waals surface area contributed by atoms with Crippen molar-refractivity contribution < 1.29 is 32.0 Å². The van der Waals surface area contributed by atoms with E-state index in [9.17, 15) is 14.9 Å². The summed E-state index contributed by atoms with van der Waals surface area (Å²) in [4.78, 5) is 27.3. The van der Waals surface area contributed by atoms with Crippen molar-refractivity contribution in [3.8, 4) is 6.07 Å². The van der Waals surface area contributed by atoms with Crippen LogP contribution in [0.25, 0.3) is 0 Å². The predicted molar refractivity (Wildman–Crippen MR) is 133 cm³/mol. The first-order valence-electron chi connectivity index (χ1n) is 12.6. The number of likely N-dealkylation sites (tertiary alicyclic amines) is 2. The van der Waals surface area contributed by atoms with E-state index in [4.69, 9.17) is 22.4 Å². The van der Waals surface area contributed by atoms with Crippen molar-refractivity contribution in [1.29, 1.82) is 5.26 Å². The SMILES string of the molecule is CC(C)(C)OC(=O)N1CCC2C(C1)C2(C#N)c1ccon1.CC(C)(C)OC(=O)N1CCC2OSOC2C1. The third kappa shape index (κ3) is 6.16. The lowest BCUT2D eigenvalue weighted by Gasteiger charge is -2.33. The van der Waals surface area contributed by atoms with Gasteiger partial charge in [-0.2, -0.15) is 5.26 Å². The number of carbonyl (C=O) groups excluding carboxylic acids is 2. The van der Waals surface area contributed by atoms with Crippen molar-refractivity contribution in [2.45, 2.75) is 83.2 Å². The second-order valence-corrected chi connectivity index (χ2v) is 12.4. The maximum Gasteiger partial charge on any atom is 0.410 e. The van der Waals surface area contributed by atoms with Crippen molar-refractivity contribution in [1.82, 2.24) is 15.0 Å². The number of fused-ring (bicyclic) bond motifs is 2. The van der Waals surface area contributed by atoms with Crippen LogP contribution >= 0.6 is 12.3 Å². The van der Waals surface area contributed by atoms with Crippen LogP contribution in [-0.2, 0) is 23.3 Å². The maximum atomic E-state index is 12.2. The standard InChI is InChI=1S/C15H19N3O3.C10H17NO4S/c1-14(2,3)21-13(19)18-6-4-10-11(8-18)15(10,9-16)12-5-7-20-17-12;1-10(2,3)13-9(12)11-5-4-7-8(6-11)15-16-14-7/h5,7,10-11H,4,6,8H2,1-3H3;7-8H,4-6H2,1-3H3. The number of rotatable bonds is 1. The van der Waals surface area contributed by atoms with Crippen LogP contribution in [0, 0.1) is 23.2 Å². The van der Waals surface area contributed by atoms with E-state index in [-0.39, 0.29) is 36.2 Å². The molecular weight excluding hydrogens is 500 g/mol. The largest absolute Gasteiger partial charge is 0.444 e. The minimum atomic E-state index is -0.593. The van der Waals surface area contributed by atoms with Gasteiger partial charge in [0.2, 0.25) is 0 Å². The highest BCUT2D eigenvalue weighted by atomic mass is 32.2. The van der Waals surface area contributed by atoms with Crippen molar-refractivity contribution >= 4 is 24.5 Å². The highest BCUT2D eigenvalue weighted by Crippen LogP contribution is 2.62. The van der Waals surface area contributed by atoms with E-state index in [1.807, 2.05) is 41.5 Å². The van der Waals surface area contributed by atoms with Crippen LogP contribution < -0.4 is 0 Å². The van der Waals surface area contributed by atoms with E-state index in [2.05, 4.69) is 11.2 Å². The summed E-state index contributed by atoms with van der Waals surface area (Å²) in [7, 11) is 0. The normalized spacial score (nSPS) is 30.7. The molecule has 1 aromatic heterocycles. The maximum absolute atomic E-state index is 12.2. The molecule has 0 N–H and O–H groups in total. The Labute approximate surface area is 222 Å². The zero-order valence-corrected chi connectivity index (χ0v) is 23.1. The predicted octanol–water partition coefficient (Wildman–Crippen LogP) is 4.30. The van der Waals surface area contributed by atoms with Gasteiger partial charge in [-0.05, 0) is 60.3 Å². The molecule has 37 heavy (non-hydrogen) atoms. The average Bonchev–Trinajstić information content (AvgIpc) is 3.20. The van der Waals surface area contributed by atoms with Crippen molar-refractivity contribution in [2.75, 3.05) is 26.2 Å². The third-order valence-electron chi connectivity index (χ3n) is 6.85. The Hall–Kier alpha value is -2.49. The molecule has 11 nitrogen and oxygen atoms in total. The summed E-state index contributed by atoms with van der Waals surface area (Å²) < 4.78 is 26.2. The molecule has 4 fully saturated rings. The van der Waals surface area contributed by atoms with Crippen molar-refractivity contribution in [3.63, 3.8) is 0 Å². The zero-order chi connectivity index (χ0) is 27.0. The Morgan fingerprint density at radius 1 is 1.00 bits per heavy atom. The fourth-order valence-corrected chi connectivity index (χ4v) is 5.75. The Balaban J connectivity index is 0.000000180. The molecule has 3 saturated heterocycles. The Kier molecular flexibility index (Phi) is 7.70. The van der Waals surface area contributed by atoms with E-state index in [0.717, 1.165) is 25.2 Å². The second kappa shape index (κ2) is 10.3. The van der Waals surface area contributed by atoms with Gasteiger partial charge in [-0.1, -0.05) is 5.16 Å². The summed E-state index contributed by atoms with van der Waals surface area (Å²) in [5.41, 5.74) is -0.860. The van der Waals surface area contributed by atoms with E-state index in [0.29, 0.717) is 31.9 Å². The highest BCUT2D eigenvalue weighted by molar-refractivity contribution is 7.90. The number of hydrogen-bond acceptors (Lipinski definition) is 10. The molecule has 0 aromatic carbocycles. The molecule has 204 valence electrons. The van der Waals surface area contributed by atoms with Crippen LogP contribution in [0.15, 0.2) is 16.9 Å². The number of nitrogens with zero attached hydrogens (tertiary/aromatic N) is 4. The minimum absolute atomic E-state index is 0.0220. The Bertz CT molecular complexity index is 1020. The van der Waals surface area contributed by atoms with Gasteiger partial charge in [0.15, 0.2) is 12.3 Å². The quantitative estimate of drug-likeness (QED) is 0.479. The molecule has 5 unspecified atom stereocenters. The zero-order valence-electron chi connectivity index (χ0n) is 22.3. The molecule has 3 aliphatic heterocycles. The second-order valence-electron chi connectivity index (χ2n) is 11.8. The van der Waals surface area contributed by atoms with Gasteiger partial charge in [0.1, 0.15) is 40.8 Å². The van der Waals surface area contributed by atoms with Gasteiger partial charge in [-0.3, -0.25) is 8.37 Å². The van der Waals surface area contributed by atoms with Gasteiger partial charge >= 0.3 is 12.2 Å². The monoisotopic (exact) mass is 536 g/mol. The number of hydrogen-bond donors (Lipinski definition) is 0. The first kappa shape index (κ1) is 27.5. The molecular formula is C25H36N4O7S. The van der Waals surface area contributed by atoms with Gasteiger partial charge < -0.3 is 23.8 Å². The molecule has 1 saturated carbocycles. The van der Waals surface area contributed by atoms with Crippen molar-refractivity contribution in [3.05, 3.63) is 18.0 Å². The molecule has 2 amide bonds. The number of amides is 2. The number of aromatic nitrogens is 1. The molecule has 5 rings (SSSR count). The van der Waals surface area contributed by atoms with Crippen LogP contribution in [0.1, 0.15) is 60.1 Å². The highest BCUT2D eigenvalue weighted by Gasteiger charge is 2.69. The van der Waals surface area contributed by atoms with Gasteiger partial charge in [0, 0.05) is 31.6 Å². The average molecular weight is 537 g/mol. The van der Waals surface area contributed by atoms with Crippen molar-refractivity contribution in [2.24, 2.45) is 11.8 Å². The topological polar surface area (TPSA) is 127 Å². The molecule has 0 spiro atoms. The minimum Gasteiger partial charge on any atom is -0.444 e. The first-order chi connectivity index (χ1) is 17.3. The van der Waals surface area contributed by atoms with Gasteiger partial charge in [0.25, 0.3) is 0 Å². The molecule has 0 radical (unpaired) electrons. The third-order valence-corrected chi connectivity index (χ3v) is 7.50. The fourth-order valence-electron chi connectivity index (χ4n) is 5.10. The number of nitriles is 1. The van der Waals surface area contributed by atoms with Crippen LogP contribution in [0.4, 0.5) is 9.59 Å². The fraction of sp³-hybridized carbons (Fsp3) is 0.760. The number of carbonyl (C=O) groups is 2. The molecule has 1 aliphatic carbocycles. The summed E-state index contributed by atoms with van der Waals surface area (Å²) >= 11 is 1.03. The molecule has 1 aromatic rings. The molecule has 12 heteroatoms. The van der Waals surface area contributed by atoms with Crippen LogP contribution in [0.3, 0.4) is 0 Å². The molecule has 5 atom stereocenters. The van der Waals surface area contributed by atoms with Gasteiger partial charge in [-0.15, -0.1) is 0 Å². The summed E-state index contributed by atoms with van der Waals surface area (Å²) in [5.74, 6) is 0.375. The van der Waals surface area contributed by atoms with Crippen LogP contribution in [0.2, 0.25) is 0 Å². The Morgan fingerprint density at radius 3 is 2.16 bits per heavy atom. The Morgan fingerprint density at radius 2 is 1.59 bits per heavy atom. The molecule has 4 aliphatic rings. The van der Waals surface area contributed by atoms with Crippen LogP contribution in [0.5, 0.6) is 0 Å². The van der Waals surface area contributed by atoms with E-state index >= 15 is 0 Å². The summed E-state index contributed by atoms with van der Waals surface area (Å²) in [5, 5.41) is 13.5. The van der Waals surface area contributed by atoms with Gasteiger partial charge in [-0.25, -0.2) is 9.59 Å². The first-order valence-corrected chi connectivity index (χ1v) is 13.3. The summed E-state index contributed by atoms with van der Waals surface area (Å²) in [6, 6.07) is 4.15. The lowest BCUT2D eigenvalue weighted by Crippen LogP contribution is -2.49. The summed E-state index contributed by atoms with van der Waals surface area (Å²) in [6.45, 7) is 13.5. The summed E-state index contributed by atoms with van der Waals surface area (Å²) in [6.07, 6.45) is 2.60. The lowest BCUT2D eigenvalue weighted by molar-refractivity contribution is -0.000758. The van der Waals surface area contributed by atoms with E-state index in [1.165, 1.54) is 6.26 Å². The van der Waals surface area contributed by atoms with E-state index < -0.39 is 16.6 Å². The lowest BCUT2D eigenvalue weighted by atomic mass is 9.99. The number of piperidine rings is 2. The smallest absolute Gasteiger partial charge is 0.410 e. The molecule has 4 heterocycles. The number of ether oxygens (including phenoxy) is 2. The molecule has 0 bridgehead atoms. The van der Waals surface area contributed by atoms with Crippen LogP contribution in [-0.4, -0.2) is 76.7 Å².